The lowest BCUT2D eigenvalue weighted by Crippen LogP contribution is -2.06. The number of benzene rings is 1. The minimum atomic E-state index is -3.14. The molecule has 3 aromatic rings. The van der Waals surface area contributed by atoms with Crippen LogP contribution in [0.25, 0.3) is 22.3 Å². The summed E-state index contributed by atoms with van der Waals surface area (Å²) >= 11 is 6.01. The average Bonchev–Trinajstić information content (AvgIpc) is 3.34. The number of aryl methyl sites for hydroxylation is 1. The molecule has 0 aliphatic heterocycles. The lowest BCUT2D eigenvalue weighted by atomic mass is 10.1. The van der Waals surface area contributed by atoms with Gasteiger partial charge in [0, 0.05) is 13.2 Å². The maximum Gasteiger partial charge on any atom is 0.181 e. The summed E-state index contributed by atoms with van der Waals surface area (Å²) in [5, 5.41) is 0.411. The van der Waals surface area contributed by atoms with Gasteiger partial charge in [0.2, 0.25) is 0 Å². The Morgan fingerprint density at radius 2 is 1.87 bits per heavy atom. The summed E-state index contributed by atoms with van der Waals surface area (Å²) in [7, 11) is -1.19. The van der Waals surface area contributed by atoms with Crippen molar-refractivity contribution < 1.29 is 8.42 Å². The van der Waals surface area contributed by atoms with Crippen molar-refractivity contribution in [3.05, 3.63) is 47.6 Å². The van der Waals surface area contributed by atoms with Crippen molar-refractivity contribution in [2.24, 2.45) is 7.05 Å². The van der Waals surface area contributed by atoms with Gasteiger partial charge >= 0.3 is 0 Å². The van der Waals surface area contributed by atoms with Gasteiger partial charge in [-0.1, -0.05) is 23.7 Å². The second-order valence-corrected chi connectivity index (χ2v) is 8.58. The third-order valence-electron chi connectivity index (χ3n) is 4.30. The molecule has 2 heterocycles. The van der Waals surface area contributed by atoms with Crippen LogP contribution in [0.3, 0.4) is 0 Å². The third-order valence-corrected chi connectivity index (χ3v) is 6.79. The molecule has 0 amide bonds. The van der Waals surface area contributed by atoms with Crippen LogP contribution in [0.1, 0.15) is 12.8 Å². The van der Waals surface area contributed by atoms with Crippen molar-refractivity contribution in [3.63, 3.8) is 0 Å². The zero-order valence-electron chi connectivity index (χ0n) is 12.5. The molecule has 1 aliphatic carbocycles. The highest BCUT2D eigenvalue weighted by atomic mass is 35.5. The zero-order valence-corrected chi connectivity index (χ0v) is 14.1. The molecule has 2 aromatic heterocycles. The fourth-order valence-corrected chi connectivity index (χ4v) is 4.65. The van der Waals surface area contributed by atoms with Crippen molar-refractivity contribution in [1.29, 1.82) is 0 Å². The molecule has 1 saturated carbocycles. The molecule has 0 radical (unpaired) electrons. The number of fused-ring (bicyclic) bond motifs is 1. The molecule has 1 aromatic carbocycles. The zero-order chi connectivity index (χ0) is 16.2. The predicted octanol–water partition coefficient (Wildman–Crippen LogP) is 3.83. The van der Waals surface area contributed by atoms with Gasteiger partial charge in [0.15, 0.2) is 9.84 Å². The molecular formula is C17H15ClN2O2S. The van der Waals surface area contributed by atoms with Crippen LogP contribution in [0.5, 0.6) is 0 Å². The van der Waals surface area contributed by atoms with Crippen molar-refractivity contribution in [2.45, 2.75) is 23.0 Å². The Labute approximate surface area is 139 Å². The minimum absolute atomic E-state index is 0.183. The molecule has 0 unspecified atom stereocenters. The van der Waals surface area contributed by atoms with Crippen LogP contribution in [-0.4, -0.2) is 23.2 Å². The van der Waals surface area contributed by atoms with E-state index in [9.17, 15) is 8.42 Å². The van der Waals surface area contributed by atoms with Gasteiger partial charge in [0.05, 0.1) is 31.9 Å². The number of aromatic nitrogens is 2. The van der Waals surface area contributed by atoms with Crippen LogP contribution in [-0.2, 0) is 16.9 Å². The normalized spacial score (nSPS) is 15.2. The molecule has 1 fully saturated rings. The quantitative estimate of drug-likeness (QED) is 0.724. The standard InChI is InChI=1S/C17H15ClN2O2S/c1-20-16(9-15-17(20)8-12(18)10-19-15)11-2-4-13(5-3-11)23(21,22)14-6-7-14/h2-5,8-10,14H,6-7H2,1H3. The molecule has 0 bridgehead atoms. The van der Waals surface area contributed by atoms with E-state index in [0.717, 1.165) is 35.1 Å². The summed E-state index contributed by atoms with van der Waals surface area (Å²) in [6.07, 6.45) is 3.18. The molecule has 0 spiro atoms. The lowest BCUT2D eigenvalue weighted by molar-refractivity contribution is 0.595. The molecule has 6 heteroatoms. The van der Waals surface area contributed by atoms with Crippen molar-refractivity contribution >= 4 is 32.5 Å². The van der Waals surface area contributed by atoms with E-state index < -0.39 is 9.84 Å². The maximum absolute atomic E-state index is 12.3. The van der Waals surface area contributed by atoms with Gasteiger partial charge in [0.1, 0.15) is 0 Å². The summed E-state index contributed by atoms with van der Waals surface area (Å²) in [5.41, 5.74) is 3.74. The fraction of sp³-hybridized carbons (Fsp3) is 0.235. The molecule has 0 atom stereocenters. The van der Waals surface area contributed by atoms with Gasteiger partial charge in [-0.05, 0) is 42.7 Å². The second kappa shape index (κ2) is 5.08. The van der Waals surface area contributed by atoms with Crippen LogP contribution in [0.15, 0.2) is 47.5 Å². The smallest absolute Gasteiger partial charge is 0.181 e. The SMILES string of the molecule is Cn1c(-c2ccc(S(=O)(=O)C3CC3)cc2)cc2ncc(Cl)cc21. The summed E-state index contributed by atoms with van der Waals surface area (Å²) < 4.78 is 26.5. The van der Waals surface area contributed by atoms with Crippen LogP contribution in [0.4, 0.5) is 0 Å². The number of hydrogen-bond donors (Lipinski definition) is 0. The Kier molecular flexibility index (Phi) is 3.25. The molecule has 1 aliphatic rings. The van der Waals surface area contributed by atoms with E-state index in [0.29, 0.717) is 9.92 Å². The predicted molar refractivity (Wildman–Crippen MR) is 91.4 cm³/mol. The first-order chi connectivity index (χ1) is 11.0. The number of nitrogens with zero attached hydrogens (tertiary/aromatic N) is 2. The lowest BCUT2D eigenvalue weighted by Gasteiger charge is -2.07. The van der Waals surface area contributed by atoms with Crippen molar-refractivity contribution in [2.75, 3.05) is 0 Å². The van der Waals surface area contributed by atoms with Crippen LogP contribution in [0.2, 0.25) is 5.02 Å². The number of sulfone groups is 1. The molecule has 4 nitrogen and oxygen atoms in total. The third kappa shape index (κ3) is 2.44. The largest absolute Gasteiger partial charge is 0.342 e. The Hall–Kier alpha value is -1.85. The molecular weight excluding hydrogens is 332 g/mol. The van der Waals surface area contributed by atoms with E-state index in [1.165, 1.54) is 0 Å². The van der Waals surface area contributed by atoms with Crippen LogP contribution < -0.4 is 0 Å². The Morgan fingerprint density at radius 1 is 1.17 bits per heavy atom. The molecule has 4 rings (SSSR count). The van der Waals surface area contributed by atoms with Gasteiger partial charge in [-0.3, -0.25) is 4.98 Å². The van der Waals surface area contributed by atoms with E-state index in [4.69, 9.17) is 11.6 Å². The van der Waals surface area contributed by atoms with Crippen molar-refractivity contribution in [1.82, 2.24) is 9.55 Å². The van der Waals surface area contributed by atoms with Gasteiger partial charge < -0.3 is 4.57 Å². The summed E-state index contributed by atoms with van der Waals surface area (Å²) in [6, 6.07) is 11.0. The van der Waals surface area contributed by atoms with Gasteiger partial charge in [-0.25, -0.2) is 8.42 Å². The first kappa shape index (κ1) is 14.7. The highest BCUT2D eigenvalue weighted by Crippen LogP contribution is 2.34. The molecule has 118 valence electrons. The Bertz CT molecular complexity index is 1000. The van der Waals surface area contributed by atoms with E-state index in [2.05, 4.69) is 4.98 Å². The monoisotopic (exact) mass is 346 g/mol. The summed E-state index contributed by atoms with van der Waals surface area (Å²) in [6.45, 7) is 0. The fourth-order valence-electron chi connectivity index (χ4n) is 2.84. The van der Waals surface area contributed by atoms with Crippen LogP contribution >= 0.6 is 11.6 Å². The van der Waals surface area contributed by atoms with Gasteiger partial charge in [-0.2, -0.15) is 0 Å². The Morgan fingerprint density at radius 3 is 2.52 bits per heavy atom. The van der Waals surface area contributed by atoms with E-state index in [1.807, 2.05) is 35.9 Å². The van der Waals surface area contributed by atoms with Gasteiger partial charge in [0.25, 0.3) is 0 Å². The molecule has 0 N–H and O–H groups in total. The van der Waals surface area contributed by atoms with E-state index in [-0.39, 0.29) is 5.25 Å². The molecule has 0 saturated heterocycles. The van der Waals surface area contributed by atoms with E-state index in [1.54, 1.807) is 18.3 Å². The van der Waals surface area contributed by atoms with Crippen molar-refractivity contribution in [3.8, 4) is 11.3 Å². The minimum Gasteiger partial charge on any atom is -0.342 e. The Balaban J connectivity index is 1.78. The van der Waals surface area contributed by atoms with E-state index >= 15 is 0 Å². The number of pyridine rings is 1. The number of halogens is 1. The highest BCUT2D eigenvalue weighted by Gasteiger charge is 2.36. The van der Waals surface area contributed by atoms with Crippen LogP contribution in [0, 0.1) is 0 Å². The first-order valence-electron chi connectivity index (χ1n) is 7.42. The highest BCUT2D eigenvalue weighted by molar-refractivity contribution is 7.92. The van der Waals surface area contributed by atoms with Gasteiger partial charge in [-0.15, -0.1) is 0 Å². The second-order valence-electron chi connectivity index (χ2n) is 5.92. The maximum atomic E-state index is 12.3. The average molecular weight is 347 g/mol. The first-order valence-corrected chi connectivity index (χ1v) is 9.34. The number of hydrogen-bond acceptors (Lipinski definition) is 3. The summed E-state index contributed by atoms with van der Waals surface area (Å²) in [4.78, 5) is 4.73. The topological polar surface area (TPSA) is 52.0 Å². The number of rotatable bonds is 3. The molecule has 23 heavy (non-hydrogen) atoms. The summed E-state index contributed by atoms with van der Waals surface area (Å²) in [5.74, 6) is 0.